The van der Waals surface area contributed by atoms with Crippen molar-refractivity contribution in [3.8, 4) is 0 Å². The highest BCUT2D eigenvalue weighted by molar-refractivity contribution is 8.00. The van der Waals surface area contributed by atoms with Gasteiger partial charge in [-0.2, -0.15) is 0 Å². The van der Waals surface area contributed by atoms with Crippen LogP contribution < -0.4 is 10.6 Å². The molecule has 1 fully saturated rings. The van der Waals surface area contributed by atoms with Gasteiger partial charge >= 0.3 is 12.0 Å². The molecule has 0 spiro atoms. The van der Waals surface area contributed by atoms with Crippen molar-refractivity contribution in [2.45, 2.75) is 44.6 Å². The number of carbonyl (C=O) groups excluding carboxylic acids is 2. The first-order valence-electron chi connectivity index (χ1n) is 6.59. The molecular formula is C12H21N3O4S. The number of carboxylic acids is 1. The maximum absolute atomic E-state index is 12.1. The molecule has 0 radical (unpaired) electrons. The minimum Gasteiger partial charge on any atom is -0.480 e. The lowest BCUT2D eigenvalue weighted by Crippen LogP contribution is -2.54. The molecule has 0 aromatic rings. The SMILES string of the molecule is CCCNC(=O)C(C)NC(=O)N1C(C)SCC1C(=O)O. The van der Waals surface area contributed by atoms with Crippen molar-refractivity contribution in [3.05, 3.63) is 0 Å². The molecular weight excluding hydrogens is 282 g/mol. The molecule has 1 aliphatic heterocycles. The fourth-order valence-electron chi connectivity index (χ4n) is 1.87. The van der Waals surface area contributed by atoms with E-state index in [0.717, 1.165) is 6.42 Å². The third kappa shape index (κ3) is 4.03. The zero-order valence-corrected chi connectivity index (χ0v) is 12.7. The number of thioether (sulfide) groups is 1. The van der Waals surface area contributed by atoms with E-state index in [1.54, 1.807) is 13.8 Å². The van der Waals surface area contributed by atoms with E-state index in [2.05, 4.69) is 10.6 Å². The Hall–Kier alpha value is -1.44. The number of amides is 3. The fourth-order valence-corrected chi connectivity index (χ4v) is 3.04. The first-order chi connectivity index (χ1) is 9.38. The van der Waals surface area contributed by atoms with Gasteiger partial charge in [-0.25, -0.2) is 9.59 Å². The van der Waals surface area contributed by atoms with E-state index in [4.69, 9.17) is 5.11 Å². The van der Waals surface area contributed by atoms with Crippen LogP contribution in [0.1, 0.15) is 27.2 Å². The number of carbonyl (C=O) groups is 3. The lowest BCUT2D eigenvalue weighted by atomic mass is 10.2. The van der Waals surface area contributed by atoms with Crippen molar-refractivity contribution in [1.29, 1.82) is 0 Å². The summed E-state index contributed by atoms with van der Waals surface area (Å²) in [6.07, 6.45) is 0.813. The quantitative estimate of drug-likeness (QED) is 0.685. The van der Waals surface area contributed by atoms with Crippen LogP contribution in [0.3, 0.4) is 0 Å². The molecule has 20 heavy (non-hydrogen) atoms. The predicted molar refractivity (Wildman–Crippen MR) is 76.5 cm³/mol. The Morgan fingerprint density at radius 1 is 1.45 bits per heavy atom. The second-order valence-corrected chi connectivity index (χ2v) is 6.01. The smallest absolute Gasteiger partial charge is 0.327 e. The van der Waals surface area contributed by atoms with Crippen molar-refractivity contribution in [1.82, 2.24) is 15.5 Å². The molecule has 1 saturated heterocycles. The Morgan fingerprint density at radius 2 is 2.10 bits per heavy atom. The summed E-state index contributed by atoms with van der Waals surface area (Å²) < 4.78 is 0. The Balaban J connectivity index is 2.60. The van der Waals surface area contributed by atoms with Crippen LogP contribution in [0, 0.1) is 0 Å². The zero-order chi connectivity index (χ0) is 15.3. The van der Waals surface area contributed by atoms with E-state index in [0.29, 0.717) is 12.3 Å². The van der Waals surface area contributed by atoms with Crippen LogP contribution >= 0.6 is 11.8 Å². The minimum atomic E-state index is -1.03. The molecule has 0 saturated carbocycles. The molecule has 3 N–H and O–H groups in total. The summed E-state index contributed by atoms with van der Waals surface area (Å²) in [6.45, 7) is 5.83. The normalized spacial score (nSPS) is 23.2. The number of aliphatic carboxylic acids is 1. The minimum absolute atomic E-state index is 0.220. The van der Waals surface area contributed by atoms with Crippen molar-refractivity contribution in [2.24, 2.45) is 0 Å². The topological polar surface area (TPSA) is 98.7 Å². The fraction of sp³-hybridized carbons (Fsp3) is 0.750. The van der Waals surface area contributed by atoms with Crippen molar-refractivity contribution in [3.63, 3.8) is 0 Å². The van der Waals surface area contributed by atoms with Gasteiger partial charge in [0.15, 0.2) is 0 Å². The van der Waals surface area contributed by atoms with Gasteiger partial charge in [0.25, 0.3) is 0 Å². The van der Waals surface area contributed by atoms with Gasteiger partial charge in [-0.3, -0.25) is 9.69 Å². The van der Waals surface area contributed by atoms with Crippen molar-refractivity contribution >= 4 is 29.7 Å². The number of urea groups is 1. The van der Waals surface area contributed by atoms with Crippen LogP contribution in [-0.2, 0) is 9.59 Å². The van der Waals surface area contributed by atoms with E-state index in [9.17, 15) is 14.4 Å². The van der Waals surface area contributed by atoms with Crippen LogP contribution in [0.5, 0.6) is 0 Å². The van der Waals surface area contributed by atoms with Crippen molar-refractivity contribution < 1.29 is 19.5 Å². The third-order valence-electron chi connectivity index (χ3n) is 3.02. The zero-order valence-electron chi connectivity index (χ0n) is 11.9. The molecule has 0 aliphatic carbocycles. The molecule has 3 unspecified atom stereocenters. The maximum Gasteiger partial charge on any atom is 0.327 e. The van der Waals surface area contributed by atoms with E-state index in [-0.39, 0.29) is 11.3 Å². The van der Waals surface area contributed by atoms with Crippen LogP contribution in [0.25, 0.3) is 0 Å². The number of nitrogens with zero attached hydrogens (tertiary/aromatic N) is 1. The second-order valence-electron chi connectivity index (χ2n) is 4.66. The van der Waals surface area contributed by atoms with Crippen LogP contribution in [0.2, 0.25) is 0 Å². The van der Waals surface area contributed by atoms with E-state index >= 15 is 0 Å². The van der Waals surface area contributed by atoms with Gasteiger partial charge in [0.1, 0.15) is 12.1 Å². The first kappa shape index (κ1) is 16.6. The van der Waals surface area contributed by atoms with Gasteiger partial charge in [0.05, 0.1) is 5.37 Å². The Kier molecular flexibility index (Phi) is 6.12. The Labute approximate surface area is 122 Å². The summed E-state index contributed by atoms with van der Waals surface area (Å²) in [5.74, 6) is -0.938. The number of nitrogens with one attached hydrogen (secondary N) is 2. The summed E-state index contributed by atoms with van der Waals surface area (Å²) in [5.41, 5.74) is 0. The Morgan fingerprint density at radius 3 is 2.65 bits per heavy atom. The lowest BCUT2D eigenvalue weighted by molar-refractivity contribution is -0.141. The Bertz CT molecular complexity index is 391. The number of hydrogen-bond acceptors (Lipinski definition) is 4. The molecule has 114 valence electrons. The van der Waals surface area contributed by atoms with E-state index < -0.39 is 24.1 Å². The van der Waals surface area contributed by atoms with Gasteiger partial charge in [0.2, 0.25) is 5.91 Å². The summed E-state index contributed by atoms with van der Waals surface area (Å²) in [5, 5.41) is 14.1. The summed E-state index contributed by atoms with van der Waals surface area (Å²) in [4.78, 5) is 36.2. The van der Waals surface area contributed by atoms with E-state index in [1.165, 1.54) is 16.7 Å². The summed E-state index contributed by atoms with van der Waals surface area (Å²) >= 11 is 1.40. The summed E-state index contributed by atoms with van der Waals surface area (Å²) in [7, 11) is 0. The van der Waals surface area contributed by atoms with E-state index in [1.807, 2.05) is 6.92 Å². The van der Waals surface area contributed by atoms with Crippen LogP contribution in [0.15, 0.2) is 0 Å². The van der Waals surface area contributed by atoms with Gasteiger partial charge < -0.3 is 15.7 Å². The van der Waals surface area contributed by atoms with Gasteiger partial charge in [-0.1, -0.05) is 6.92 Å². The maximum atomic E-state index is 12.1. The van der Waals surface area contributed by atoms with Gasteiger partial charge in [-0.05, 0) is 20.3 Å². The summed E-state index contributed by atoms with van der Waals surface area (Å²) in [6, 6.07) is -2.06. The van der Waals surface area contributed by atoms with Crippen molar-refractivity contribution in [2.75, 3.05) is 12.3 Å². The molecule has 0 aromatic heterocycles. The number of hydrogen-bond donors (Lipinski definition) is 3. The predicted octanol–water partition coefficient (Wildman–Crippen LogP) is 0.459. The molecule has 1 rings (SSSR count). The molecule has 0 aromatic carbocycles. The molecule has 0 bridgehead atoms. The lowest BCUT2D eigenvalue weighted by Gasteiger charge is -2.26. The highest BCUT2D eigenvalue weighted by atomic mass is 32.2. The molecule has 3 atom stereocenters. The third-order valence-corrected chi connectivity index (χ3v) is 4.24. The van der Waals surface area contributed by atoms with Gasteiger partial charge in [0, 0.05) is 12.3 Å². The van der Waals surface area contributed by atoms with Crippen LogP contribution in [0.4, 0.5) is 4.79 Å². The molecule has 8 heteroatoms. The average molecular weight is 303 g/mol. The standard InChI is InChI=1S/C12H21N3O4S/c1-4-5-13-10(16)7(2)14-12(19)15-8(3)20-6-9(15)11(17)18/h7-9H,4-6H2,1-3H3,(H,13,16)(H,14,19)(H,17,18). The van der Waals surface area contributed by atoms with Gasteiger partial charge in [-0.15, -0.1) is 11.8 Å². The monoisotopic (exact) mass is 303 g/mol. The molecule has 1 aliphatic rings. The molecule has 3 amide bonds. The number of rotatable bonds is 5. The first-order valence-corrected chi connectivity index (χ1v) is 7.64. The largest absolute Gasteiger partial charge is 0.480 e. The second kappa shape index (κ2) is 7.37. The molecule has 1 heterocycles. The average Bonchev–Trinajstić information content (AvgIpc) is 2.77. The molecule has 7 nitrogen and oxygen atoms in total. The number of carboxylic acid groups (broad SMARTS) is 1. The highest BCUT2D eigenvalue weighted by Gasteiger charge is 2.40. The van der Waals surface area contributed by atoms with Crippen LogP contribution in [-0.4, -0.2) is 57.7 Å². The highest BCUT2D eigenvalue weighted by Crippen LogP contribution is 2.28.